The summed E-state index contributed by atoms with van der Waals surface area (Å²) < 4.78 is 14.2. The third kappa shape index (κ3) is 6.43. The topological polar surface area (TPSA) is 153 Å². The number of morpholine rings is 1. The van der Waals surface area contributed by atoms with Gasteiger partial charge in [0.1, 0.15) is 35.0 Å². The zero-order valence-electron chi connectivity index (χ0n) is 24.4. The van der Waals surface area contributed by atoms with Crippen LogP contribution in [0.3, 0.4) is 0 Å². The van der Waals surface area contributed by atoms with Gasteiger partial charge in [-0.1, -0.05) is 18.2 Å². The van der Waals surface area contributed by atoms with Gasteiger partial charge in [-0.25, -0.2) is 14.8 Å². The van der Waals surface area contributed by atoms with E-state index in [-0.39, 0.29) is 17.9 Å². The van der Waals surface area contributed by atoms with Crippen LogP contribution in [-0.2, 0) is 16.1 Å². The first-order chi connectivity index (χ1) is 20.7. The van der Waals surface area contributed by atoms with E-state index in [4.69, 9.17) is 15.2 Å². The number of aromatic nitrogens is 4. The summed E-state index contributed by atoms with van der Waals surface area (Å²) >= 11 is 0. The Morgan fingerprint density at radius 1 is 1.14 bits per heavy atom. The van der Waals surface area contributed by atoms with Gasteiger partial charge in [0.2, 0.25) is 0 Å². The van der Waals surface area contributed by atoms with Crippen LogP contribution < -0.4 is 21.5 Å². The highest BCUT2D eigenvalue weighted by Crippen LogP contribution is 2.25. The van der Waals surface area contributed by atoms with Crippen LogP contribution in [-0.4, -0.2) is 67.8 Å². The first-order valence-electron chi connectivity index (χ1n) is 14.0. The van der Waals surface area contributed by atoms with Gasteiger partial charge in [0.15, 0.2) is 11.5 Å². The summed E-state index contributed by atoms with van der Waals surface area (Å²) in [5, 5.41) is 12.6. The highest BCUT2D eigenvalue weighted by Gasteiger charge is 2.28. The quantitative estimate of drug-likeness (QED) is 0.224. The van der Waals surface area contributed by atoms with Gasteiger partial charge in [0.25, 0.3) is 5.91 Å². The van der Waals surface area contributed by atoms with Gasteiger partial charge in [0.05, 0.1) is 18.9 Å². The van der Waals surface area contributed by atoms with Crippen molar-refractivity contribution in [3.63, 3.8) is 0 Å². The Balaban J connectivity index is 1.38. The molecule has 0 aliphatic carbocycles. The van der Waals surface area contributed by atoms with Crippen molar-refractivity contribution in [2.45, 2.75) is 38.9 Å². The molecule has 12 heteroatoms. The lowest BCUT2D eigenvalue weighted by Crippen LogP contribution is -2.49. The normalized spacial score (nSPS) is 15.2. The first kappa shape index (κ1) is 29.5. The van der Waals surface area contributed by atoms with Crippen molar-refractivity contribution >= 4 is 22.9 Å². The van der Waals surface area contributed by atoms with E-state index in [1.54, 1.807) is 37.3 Å². The number of anilines is 1. The van der Waals surface area contributed by atoms with Crippen LogP contribution in [0.15, 0.2) is 77.4 Å². The third-order valence-corrected chi connectivity index (χ3v) is 7.33. The Labute approximate surface area is 249 Å². The van der Waals surface area contributed by atoms with Crippen molar-refractivity contribution in [2.24, 2.45) is 0 Å². The molecule has 222 valence electrons. The molecule has 43 heavy (non-hydrogen) atoms. The average molecular weight is 583 g/mol. The molecule has 1 aliphatic rings. The first-order valence-corrected chi connectivity index (χ1v) is 14.0. The van der Waals surface area contributed by atoms with Crippen molar-refractivity contribution in [2.75, 3.05) is 32.0 Å². The number of nitrogens with zero attached hydrogens (tertiary/aromatic N) is 6. The number of nitrogen functional groups attached to an aromatic ring is 1. The molecule has 1 fully saturated rings. The highest BCUT2D eigenvalue weighted by molar-refractivity contribution is 5.97. The van der Waals surface area contributed by atoms with E-state index >= 15 is 0 Å². The van der Waals surface area contributed by atoms with E-state index in [0.29, 0.717) is 54.7 Å². The number of hydrogen-bond donors (Lipinski definition) is 2. The minimum atomic E-state index is -0.523. The lowest BCUT2D eigenvalue weighted by Gasteiger charge is -2.39. The number of para-hydroxylation sites is 1. The summed E-state index contributed by atoms with van der Waals surface area (Å²) in [4.78, 5) is 37.5. The number of rotatable bonds is 9. The van der Waals surface area contributed by atoms with Crippen molar-refractivity contribution in [1.82, 2.24) is 29.3 Å². The predicted octanol–water partition coefficient (Wildman–Crippen LogP) is 3.02. The number of fused-ring (bicyclic) bond motifs is 1. The lowest BCUT2D eigenvalue weighted by atomic mass is 9.98. The number of hydrogen-bond acceptors (Lipinski definition) is 9. The molecular weight excluding hydrogens is 548 g/mol. The fourth-order valence-electron chi connectivity index (χ4n) is 5.15. The molecule has 2 aromatic heterocycles. The molecule has 0 bridgehead atoms. The average Bonchev–Trinajstić information content (AvgIpc) is 3.29. The number of nitrogens with two attached hydrogens (primary N) is 1. The number of nitrogens with one attached hydrogen (secondary N) is 1. The van der Waals surface area contributed by atoms with E-state index in [2.05, 4.69) is 20.2 Å². The third-order valence-electron chi connectivity index (χ3n) is 7.33. The molecule has 12 nitrogen and oxygen atoms in total. The number of amides is 1. The van der Waals surface area contributed by atoms with Gasteiger partial charge >= 0.3 is 5.69 Å². The van der Waals surface area contributed by atoms with Crippen molar-refractivity contribution < 1.29 is 14.3 Å². The lowest BCUT2D eigenvalue weighted by molar-refractivity contribution is -0.117. The summed E-state index contributed by atoms with van der Waals surface area (Å²) in [6, 6.07) is 17.9. The molecule has 1 saturated heterocycles. The molecule has 0 unspecified atom stereocenters. The van der Waals surface area contributed by atoms with E-state index in [0.717, 1.165) is 0 Å². The maximum Gasteiger partial charge on any atom is 0.335 e. The van der Waals surface area contributed by atoms with Crippen LogP contribution in [0.4, 0.5) is 5.82 Å². The molecule has 1 atom stereocenters. The second-order valence-electron chi connectivity index (χ2n) is 10.9. The number of nitriles is 1. The summed E-state index contributed by atoms with van der Waals surface area (Å²) in [6.07, 6.45) is 2.97. The molecule has 0 radical (unpaired) electrons. The Hall–Kier alpha value is -4.99. The van der Waals surface area contributed by atoms with E-state index in [1.165, 1.54) is 15.5 Å². The Morgan fingerprint density at radius 2 is 1.81 bits per heavy atom. The second-order valence-corrected chi connectivity index (χ2v) is 10.9. The van der Waals surface area contributed by atoms with Crippen LogP contribution in [0.2, 0.25) is 0 Å². The molecular formula is C31H34N8O4. The summed E-state index contributed by atoms with van der Waals surface area (Å²) in [7, 11) is 0. The van der Waals surface area contributed by atoms with Crippen LogP contribution in [0, 0.1) is 11.3 Å². The molecule has 4 aromatic rings. The fraction of sp³-hybridized carbons (Fsp3) is 0.323. The molecule has 0 saturated carbocycles. The van der Waals surface area contributed by atoms with Crippen LogP contribution in [0.1, 0.15) is 20.8 Å². The summed E-state index contributed by atoms with van der Waals surface area (Å²) in [5.41, 5.74) is 6.54. The van der Waals surface area contributed by atoms with Gasteiger partial charge < -0.3 is 20.5 Å². The smallest absolute Gasteiger partial charge is 0.335 e. The predicted molar refractivity (Wildman–Crippen MR) is 162 cm³/mol. The molecule has 1 amide bonds. The monoisotopic (exact) mass is 582 g/mol. The van der Waals surface area contributed by atoms with E-state index in [9.17, 15) is 14.9 Å². The van der Waals surface area contributed by atoms with Gasteiger partial charge in [-0.15, -0.1) is 0 Å². The SMILES string of the molecule is C[C@@H](Cn1c(=O)n(-c2ccc(Oc3ccccc3)cc2)c2c(N)ncnc21)NC(=O)/C(C#N)=C/C(C)(C)N1CCOCC1. The van der Waals surface area contributed by atoms with Crippen molar-refractivity contribution in [1.29, 1.82) is 5.26 Å². The largest absolute Gasteiger partial charge is 0.457 e. The number of carbonyl (C=O) groups excluding carboxylic acids is 1. The summed E-state index contributed by atoms with van der Waals surface area (Å²) in [5.74, 6) is 0.917. The standard InChI is InChI=1S/C31H34N8O4/c1-21(36-29(40)22(18-32)17-31(2,3)37-13-15-42-16-14-37)19-38-28-26(27(33)34-20-35-28)39(30(38)41)23-9-11-25(12-10-23)43-24-7-5-4-6-8-24/h4-12,17,20-21H,13-16,19H2,1-3H3,(H,36,40)(H2,33,34,35)/b22-17+/t21-/m0/s1. The zero-order valence-corrected chi connectivity index (χ0v) is 24.4. The van der Waals surface area contributed by atoms with Gasteiger partial charge in [-0.2, -0.15) is 5.26 Å². The Bertz CT molecular complexity index is 1730. The van der Waals surface area contributed by atoms with Gasteiger partial charge in [0, 0.05) is 31.2 Å². The number of benzene rings is 2. The van der Waals surface area contributed by atoms with Crippen LogP contribution >= 0.6 is 0 Å². The Morgan fingerprint density at radius 3 is 2.49 bits per heavy atom. The molecule has 3 N–H and O–H groups in total. The van der Waals surface area contributed by atoms with Crippen LogP contribution in [0.5, 0.6) is 11.5 Å². The maximum absolute atomic E-state index is 13.8. The number of ether oxygens (including phenoxy) is 2. The second kappa shape index (κ2) is 12.5. The molecule has 3 heterocycles. The molecule has 0 spiro atoms. The van der Waals surface area contributed by atoms with Crippen molar-refractivity contribution in [3.05, 3.63) is 83.1 Å². The minimum Gasteiger partial charge on any atom is -0.457 e. The highest BCUT2D eigenvalue weighted by atomic mass is 16.5. The maximum atomic E-state index is 13.8. The Kier molecular flexibility index (Phi) is 8.56. The van der Waals surface area contributed by atoms with Crippen molar-refractivity contribution in [3.8, 4) is 23.3 Å². The van der Waals surface area contributed by atoms with Gasteiger partial charge in [-0.3, -0.25) is 18.8 Å². The number of imidazole rings is 1. The fourth-order valence-corrected chi connectivity index (χ4v) is 5.15. The molecule has 5 rings (SSSR count). The summed E-state index contributed by atoms with van der Waals surface area (Å²) in [6.45, 7) is 8.40. The van der Waals surface area contributed by atoms with E-state index < -0.39 is 23.2 Å². The van der Waals surface area contributed by atoms with E-state index in [1.807, 2.05) is 50.2 Å². The zero-order chi connectivity index (χ0) is 30.6. The molecule has 1 aliphatic heterocycles. The minimum absolute atomic E-state index is 0.00231. The van der Waals surface area contributed by atoms with Gasteiger partial charge in [-0.05, 0) is 63.2 Å². The molecule has 2 aromatic carbocycles. The van der Waals surface area contributed by atoms with Crippen LogP contribution in [0.25, 0.3) is 16.9 Å². The number of carbonyl (C=O) groups is 1.